The molecule has 2 unspecified atom stereocenters. The first kappa shape index (κ1) is 26.7. The Bertz CT molecular complexity index is 737. The fourth-order valence-corrected chi connectivity index (χ4v) is 3.39. The third-order valence-corrected chi connectivity index (χ3v) is 6.20. The summed E-state index contributed by atoms with van der Waals surface area (Å²) in [7, 11) is 0. The average molecular weight is 465 g/mol. The van der Waals surface area contributed by atoms with Crippen molar-refractivity contribution in [2.24, 2.45) is 5.73 Å². The molecular formula is C21H35F3N4O4. The average Bonchev–Trinajstić information content (AvgIpc) is 2.73. The van der Waals surface area contributed by atoms with Crippen molar-refractivity contribution in [1.82, 2.24) is 9.97 Å². The lowest BCUT2D eigenvalue weighted by atomic mass is 9.88. The number of anilines is 1. The van der Waals surface area contributed by atoms with Gasteiger partial charge in [0.2, 0.25) is 0 Å². The summed E-state index contributed by atoms with van der Waals surface area (Å²) < 4.78 is 50.4. The Morgan fingerprint density at radius 2 is 1.88 bits per heavy atom. The maximum atomic E-state index is 12.8. The monoisotopic (exact) mass is 464 g/mol. The maximum Gasteiger partial charge on any atom is 0.434 e. The molecular weight excluding hydrogens is 429 g/mol. The molecule has 5 N–H and O–H groups in total. The van der Waals surface area contributed by atoms with Gasteiger partial charge in [-0.05, 0) is 33.1 Å². The normalized spacial score (nSPS) is 28.1. The fraction of sp³-hybridized carbons (Fsp3) is 0.810. The first-order chi connectivity index (χ1) is 14.8. The summed E-state index contributed by atoms with van der Waals surface area (Å²) in [5.74, 6) is -0.166. The second kappa shape index (κ2) is 10.6. The van der Waals surface area contributed by atoms with E-state index in [9.17, 15) is 23.4 Å². The van der Waals surface area contributed by atoms with E-state index in [2.05, 4.69) is 15.3 Å². The number of nitrogens with one attached hydrogen (secondary N) is 1. The number of aromatic nitrogens is 2. The van der Waals surface area contributed by atoms with Gasteiger partial charge in [0.25, 0.3) is 0 Å². The van der Waals surface area contributed by atoms with Crippen LogP contribution >= 0.6 is 0 Å². The van der Waals surface area contributed by atoms with Crippen LogP contribution in [0, 0.1) is 0 Å². The molecule has 1 aromatic rings. The molecule has 0 spiro atoms. The van der Waals surface area contributed by atoms with Gasteiger partial charge in [-0.1, -0.05) is 13.8 Å². The van der Waals surface area contributed by atoms with E-state index in [1.54, 1.807) is 0 Å². The number of hydrogen-bond donors (Lipinski definition) is 4. The van der Waals surface area contributed by atoms with Crippen molar-refractivity contribution in [3.8, 4) is 0 Å². The zero-order valence-electron chi connectivity index (χ0n) is 19.0. The number of nitrogens with two attached hydrogens (primary N) is 1. The highest BCUT2D eigenvalue weighted by molar-refractivity contribution is 5.34. The fourth-order valence-electron chi connectivity index (χ4n) is 3.39. The number of hydrogen-bond acceptors (Lipinski definition) is 8. The van der Waals surface area contributed by atoms with Gasteiger partial charge in [0.15, 0.2) is 5.69 Å². The summed E-state index contributed by atoms with van der Waals surface area (Å²) in [4.78, 5) is 7.00. The Morgan fingerprint density at radius 1 is 1.19 bits per heavy atom. The third-order valence-electron chi connectivity index (χ3n) is 6.20. The molecule has 11 heteroatoms. The van der Waals surface area contributed by atoms with Crippen molar-refractivity contribution in [3.05, 3.63) is 18.1 Å². The van der Waals surface area contributed by atoms with E-state index in [-0.39, 0.29) is 18.0 Å². The predicted octanol–water partition coefficient (Wildman–Crippen LogP) is 2.49. The van der Waals surface area contributed by atoms with E-state index < -0.39 is 41.8 Å². The number of ether oxygens (including phenoxy) is 2. The van der Waals surface area contributed by atoms with Gasteiger partial charge in [0, 0.05) is 18.6 Å². The smallest absolute Gasteiger partial charge is 0.388 e. The molecule has 1 saturated heterocycles. The van der Waals surface area contributed by atoms with Gasteiger partial charge in [0.1, 0.15) is 18.0 Å². The van der Waals surface area contributed by atoms with Crippen LogP contribution in [-0.4, -0.2) is 68.9 Å². The molecule has 1 aliphatic heterocycles. The molecule has 2 rings (SSSR count). The van der Waals surface area contributed by atoms with Crippen molar-refractivity contribution in [1.29, 1.82) is 0 Å². The third kappa shape index (κ3) is 7.24. The maximum absolute atomic E-state index is 12.8. The van der Waals surface area contributed by atoms with Crippen LogP contribution in [0.2, 0.25) is 0 Å². The minimum atomic E-state index is -4.64. The van der Waals surface area contributed by atoms with Crippen LogP contribution in [0.15, 0.2) is 12.4 Å². The van der Waals surface area contributed by atoms with Gasteiger partial charge in [-0.2, -0.15) is 13.2 Å². The first-order valence-electron chi connectivity index (χ1n) is 10.9. The molecule has 1 aromatic heterocycles. The molecule has 32 heavy (non-hydrogen) atoms. The zero-order valence-corrected chi connectivity index (χ0v) is 19.0. The molecule has 6 atom stereocenters. The Morgan fingerprint density at radius 3 is 2.47 bits per heavy atom. The van der Waals surface area contributed by atoms with Crippen molar-refractivity contribution in [3.63, 3.8) is 0 Å². The summed E-state index contributed by atoms with van der Waals surface area (Å²) in [6.07, 6.45) is -3.65. The summed E-state index contributed by atoms with van der Waals surface area (Å²) in [6, 6.07) is -0.852. The van der Waals surface area contributed by atoms with E-state index >= 15 is 0 Å². The lowest BCUT2D eigenvalue weighted by molar-refractivity contribution is -0.168. The Kier molecular flexibility index (Phi) is 8.85. The highest BCUT2D eigenvalue weighted by Gasteiger charge is 2.42. The first-order valence-corrected chi connectivity index (χ1v) is 10.9. The van der Waals surface area contributed by atoms with Gasteiger partial charge < -0.3 is 30.7 Å². The summed E-state index contributed by atoms with van der Waals surface area (Å²) >= 11 is 0. The number of alkyl halides is 3. The molecule has 1 fully saturated rings. The Balaban J connectivity index is 1.97. The van der Waals surface area contributed by atoms with Crippen molar-refractivity contribution in [2.75, 3.05) is 18.5 Å². The predicted molar refractivity (Wildman–Crippen MR) is 113 cm³/mol. The van der Waals surface area contributed by atoms with Crippen LogP contribution in [0.25, 0.3) is 0 Å². The van der Waals surface area contributed by atoms with Crippen molar-refractivity contribution in [2.45, 2.75) is 95.0 Å². The number of rotatable bonds is 10. The molecule has 0 saturated carbocycles. The van der Waals surface area contributed by atoms with E-state index in [1.807, 2.05) is 27.7 Å². The molecule has 0 aromatic carbocycles. The molecule has 8 nitrogen and oxygen atoms in total. The summed E-state index contributed by atoms with van der Waals surface area (Å²) in [5.41, 5.74) is 4.10. The molecule has 184 valence electrons. The van der Waals surface area contributed by atoms with Gasteiger partial charge in [-0.15, -0.1) is 0 Å². The van der Waals surface area contributed by atoms with E-state index in [1.165, 1.54) is 0 Å². The van der Waals surface area contributed by atoms with Crippen molar-refractivity contribution >= 4 is 5.82 Å². The minimum absolute atomic E-state index is 0.0304. The number of aliphatic hydroxyl groups excluding tert-OH is 2. The van der Waals surface area contributed by atoms with Crippen LogP contribution in [0.5, 0.6) is 0 Å². The van der Waals surface area contributed by atoms with Gasteiger partial charge >= 0.3 is 6.18 Å². The molecule has 0 bridgehead atoms. The number of aliphatic hydroxyl groups is 2. The van der Waals surface area contributed by atoms with Gasteiger partial charge in [-0.3, -0.25) is 4.98 Å². The standard InChI is InChI=1S/C21H35F3N4O4/c1-5-19(3,25)7-8-32-20(4,6-2)9-14-18(30)17(29)13(12-31-14)27-16-11-26-10-15(28-16)21(22,23)24/h10-11,13-14,17-18,29-30H,5-9,12,25H2,1-4H3,(H,27,28)/t13-,14+,17+,18-,19?,20?/m0/s1. The molecule has 2 heterocycles. The minimum Gasteiger partial charge on any atom is -0.388 e. The molecule has 1 aliphatic rings. The highest BCUT2D eigenvalue weighted by Crippen LogP contribution is 2.31. The lowest BCUT2D eigenvalue weighted by Crippen LogP contribution is -2.57. The van der Waals surface area contributed by atoms with Crippen LogP contribution in [0.4, 0.5) is 19.0 Å². The van der Waals surface area contributed by atoms with E-state index in [4.69, 9.17) is 15.2 Å². The van der Waals surface area contributed by atoms with Crippen LogP contribution < -0.4 is 11.1 Å². The zero-order chi connectivity index (χ0) is 24.2. The SMILES string of the molecule is CCC(C)(N)CCOC(C)(CC)C[C@H]1OC[C@H](Nc2cncc(C(F)(F)F)n2)[C@@H](O)[C@H]1O. The molecule has 0 aliphatic carbocycles. The van der Waals surface area contributed by atoms with E-state index in [0.717, 1.165) is 12.6 Å². The number of halogens is 3. The van der Waals surface area contributed by atoms with Gasteiger partial charge in [-0.25, -0.2) is 4.98 Å². The van der Waals surface area contributed by atoms with E-state index in [0.29, 0.717) is 32.1 Å². The molecule has 0 amide bonds. The molecule has 0 radical (unpaired) electrons. The van der Waals surface area contributed by atoms with Crippen LogP contribution in [-0.2, 0) is 15.7 Å². The summed E-state index contributed by atoms with van der Waals surface area (Å²) in [6.45, 7) is 8.28. The van der Waals surface area contributed by atoms with Crippen molar-refractivity contribution < 1.29 is 32.9 Å². The Hall–Kier alpha value is -1.53. The lowest BCUT2D eigenvalue weighted by Gasteiger charge is -2.42. The van der Waals surface area contributed by atoms with Gasteiger partial charge in [0.05, 0.1) is 36.7 Å². The van der Waals surface area contributed by atoms with Crippen LogP contribution in [0.3, 0.4) is 0 Å². The highest BCUT2D eigenvalue weighted by atomic mass is 19.4. The topological polar surface area (TPSA) is 123 Å². The quantitative estimate of drug-likeness (QED) is 0.417. The second-order valence-corrected chi connectivity index (χ2v) is 9.00. The number of nitrogens with zero attached hydrogens (tertiary/aromatic N) is 2. The summed E-state index contributed by atoms with van der Waals surface area (Å²) in [5, 5.41) is 23.9. The largest absolute Gasteiger partial charge is 0.434 e. The second-order valence-electron chi connectivity index (χ2n) is 9.00. The Labute approximate surface area is 186 Å². The van der Waals surface area contributed by atoms with Crippen LogP contribution in [0.1, 0.15) is 59.1 Å².